The minimum atomic E-state index is -3.42. The molecule has 2 atom stereocenters. The van der Waals surface area contributed by atoms with Crippen LogP contribution in [0.4, 0.5) is 5.69 Å². The van der Waals surface area contributed by atoms with Crippen molar-refractivity contribution in [3.8, 4) is 22.6 Å². The van der Waals surface area contributed by atoms with Crippen LogP contribution in [0.5, 0.6) is 11.5 Å². The van der Waals surface area contributed by atoms with Crippen LogP contribution in [0.25, 0.3) is 11.1 Å². The van der Waals surface area contributed by atoms with Crippen molar-refractivity contribution in [2.75, 3.05) is 11.6 Å². The van der Waals surface area contributed by atoms with Gasteiger partial charge in [-0.05, 0) is 35.9 Å². The van der Waals surface area contributed by atoms with Crippen LogP contribution >= 0.6 is 7.37 Å². The van der Waals surface area contributed by atoms with Crippen molar-refractivity contribution in [1.29, 1.82) is 0 Å². The maximum absolute atomic E-state index is 15.0. The molecule has 2 aliphatic rings. The fraction of sp³-hybridized carbons (Fsp3) is 0.0769. The van der Waals surface area contributed by atoms with Crippen molar-refractivity contribution in [2.24, 2.45) is 0 Å². The number of ether oxygens (including phenoxy) is 1. The normalized spacial score (nSPS) is 20.5. The Morgan fingerprint density at radius 1 is 0.719 bits per heavy atom. The maximum Gasteiger partial charge on any atom is 0.304 e. The first-order valence-electron chi connectivity index (χ1n) is 10.3. The number of benzene rings is 4. The molecule has 0 saturated carbocycles. The van der Waals surface area contributed by atoms with E-state index in [0.717, 1.165) is 33.4 Å². The Balaban J connectivity index is 0.00000216. The molecule has 32 heavy (non-hydrogen) atoms. The molecule has 2 aliphatic heterocycles. The van der Waals surface area contributed by atoms with Crippen LogP contribution in [0.15, 0.2) is 103 Å². The van der Waals surface area contributed by atoms with E-state index in [2.05, 4.69) is 0 Å². The minimum Gasteiger partial charge on any atom is -0.473 e. The van der Waals surface area contributed by atoms with E-state index >= 15 is 4.57 Å². The first-order valence-corrected chi connectivity index (χ1v) is 12.0. The van der Waals surface area contributed by atoms with Crippen LogP contribution < -0.4 is 19.5 Å². The molecule has 0 saturated heterocycles. The Bertz CT molecular complexity index is 1330. The predicted octanol–water partition coefficient (Wildman–Crippen LogP) is 6.20. The fourth-order valence-electron chi connectivity index (χ4n) is 4.52. The molecular formula is C26H20NO3PV. The molecular weight excluding hydrogens is 456 g/mol. The summed E-state index contributed by atoms with van der Waals surface area (Å²) in [5.41, 5.74) is 3.74. The van der Waals surface area contributed by atoms with E-state index in [1.807, 2.05) is 108 Å². The molecule has 2 unspecified atom stereocenters. The molecule has 0 aliphatic carbocycles. The zero-order valence-corrected chi connectivity index (χ0v) is 19.5. The van der Waals surface area contributed by atoms with Crippen LogP contribution in [0.2, 0.25) is 0 Å². The summed E-state index contributed by atoms with van der Waals surface area (Å²) in [7, 11) is -3.42. The van der Waals surface area contributed by atoms with Gasteiger partial charge in [-0.2, -0.15) is 0 Å². The first-order chi connectivity index (χ1) is 15.3. The zero-order chi connectivity index (χ0) is 20.8. The third-order valence-corrected chi connectivity index (χ3v) is 8.64. The van der Waals surface area contributed by atoms with E-state index in [1.54, 1.807) is 0 Å². The van der Waals surface area contributed by atoms with Gasteiger partial charge in [0.05, 0.1) is 5.30 Å². The van der Waals surface area contributed by atoms with Crippen molar-refractivity contribution >= 4 is 18.4 Å². The first kappa shape index (κ1) is 21.0. The molecule has 0 aromatic heterocycles. The van der Waals surface area contributed by atoms with Gasteiger partial charge in [0, 0.05) is 35.4 Å². The van der Waals surface area contributed by atoms with Crippen molar-refractivity contribution in [3.05, 3.63) is 109 Å². The summed E-state index contributed by atoms with van der Waals surface area (Å²) in [6.45, 7) is 0.295. The van der Waals surface area contributed by atoms with Crippen molar-refractivity contribution in [1.82, 2.24) is 0 Å². The molecule has 4 aromatic carbocycles. The van der Waals surface area contributed by atoms with Gasteiger partial charge in [0.15, 0.2) is 12.5 Å². The maximum atomic E-state index is 15.0. The molecule has 157 valence electrons. The van der Waals surface area contributed by atoms with E-state index in [0.29, 0.717) is 12.5 Å². The van der Waals surface area contributed by atoms with Crippen LogP contribution in [0, 0.1) is 0 Å². The number of rotatable bonds is 2. The smallest absolute Gasteiger partial charge is 0.304 e. The largest absolute Gasteiger partial charge is 0.473 e. The summed E-state index contributed by atoms with van der Waals surface area (Å²) in [4.78, 5) is 2.05. The van der Waals surface area contributed by atoms with Gasteiger partial charge in [0.2, 0.25) is 0 Å². The van der Waals surface area contributed by atoms with Crippen molar-refractivity contribution in [2.45, 2.75) is 5.78 Å². The molecule has 0 amide bonds. The number of anilines is 1. The monoisotopic (exact) mass is 476 g/mol. The van der Waals surface area contributed by atoms with Gasteiger partial charge < -0.3 is 14.2 Å². The zero-order valence-electron chi connectivity index (χ0n) is 17.2. The summed E-state index contributed by atoms with van der Waals surface area (Å²) in [6, 6.07) is 33.5. The van der Waals surface area contributed by atoms with Crippen LogP contribution in [-0.4, -0.2) is 6.73 Å². The molecule has 4 aromatic rings. The SMILES string of the molecule is O=P1(C2c3ccccc3OCN2c2ccccc2)Oc2ccccc2-c2ccccc21.[V]. The topological polar surface area (TPSA) is 38.8 Å². The van der Waals surface area contributed by atoms with Gasteiger partial charge >= 0.3 is 7.37 Å². The van der Waals surface area contributed by atoms with E-state index < -0.39 is 13.2 Å². The Hall–Kier alpha value is -2.91. The molecule has 6 rings (SSSR count). The molecule has 4 nitrogen and oxygen atoms in total. The van der Waals surface area contributed by atoms with Crippen LogP contribution in [0.3, 0.4) is 0 Å². The number of nitrogens with zero attached hydrogens (tertiary/aromatic N) is 1. The van der Waals surface area contributed by atoms with Crippen LogP contribution in [-0.2, 0) is 23.1 Å². The number of fused-ring (bicyclic) bond motifs is 4. The summed E-state index contributed by atoms with van der Waals surface area (Å²) in [5.74, 6) is 0.894. The molecule has 2 heterocycles. The Labute approximate surface area is 199 Å². The molecule has 0 fully saturated rings. The third-order valence-electron chi connectivity index (χ3n) is 5.91. The summed E-state index contributed by atoms with van der Waals surface area (Å²) >= 11 is 0. The predicted molar refractivity (Wildman–Crippen MR) is 123 cm³/mol. The van der Waals surface area contributed by atoms with E-state index in [4.69, 9.17) is 9.26 Å². The second-order valence-corrected chi connectivity index (χ2v) is 10.0. The Morgan fingerprint density at radius 2 is 1.34 bits per heavy atom. The Kier molecular flexibility index (Phi) is 5.39. The fourth-order valence-corrected chi connectivity index (χ4v) is 7.41. The minimum absolute atomic E-state index is 0. The van der Waals surface area contributed by atoms with Gasteiger partial charge in [-0.25, -0.2) is 0 Å². The van der Waals surface area contributed by atoms with Crippen molar-refractivity contribution < 1.29 is 32.4 Å². The number of hydrogen-bond donors (Lipinski definition) is 0. The van der Waals surface area contributed by atoms with E-state index in [9.17, 15) is 0 Å². The number of hydrogen-bond acceptors (Lipinski definition) is 4. The molecule has 0 bridgehead atoms. The average Bonchev–Trinajstić information content (AvgIpc) is 2.84. The molecule has 6 heteroatoms. The van der Waals surface area contributed by atoms with Crippen LogP contribution in [0.1, 0.15) is 11.3 Å². The quantitative estimate of drug-likeness (QED) is 0.323. The summed E-state index contributed by atoms with van der Waals surface area (Å²) < 4.78 is 27.5. The van der Waals surface area contributed by atoms with E-state index in [-0.39, 0.29) is 18.6 Å². The molecule has 0 N–H and O–H groups in total. The molecule has 1 radical (unpaired) electrons. The van der Waals surface area contributed by atoms with Gasteiger partial charge in [-0.1, -0.05) is 72.8 Å². The standard InChI is InChI=1S/C26H20NO3P.V/c28-31(25-17-9-6-13-21(25)20-12-4-8-16-24(20)30-31)26-22-14-5-7-15-23(22)29-18-27(26)19-10-2-1-3-11-19;/h1-17,26H,18H2;. The Morgan fingerprint density at radius 3 is 2.16 bits per heavy atom. The van der Waals surface area contributed by atoms with Crippen molar-refractivity contribution in [3.63, 3.8) is 0 Å². The molecule has 0 spiro atoms. The third kappa shape index (κ3) is 3.19. The van der Waals surface area contributed by atoms with Gasteiger partial charge in [-0.3, -0.25) is 4.57 Å². The van der Waals surface area contributed by atoms with Gasteiger partial charge in [0.1, 0.15) is 11.5 Å². The summed E-state index contributed by atoms with van der Waals surface area (Å²) in [5, 5.41) is 0.747. The van der Waals surface area contributed by atoms with E-state index in [1.165, 1.54) is 0 Å². The van der Waals surface area contributed by atoms with Gasteiger partial charge in [-0.15, -0.1) is 0 Å². The second kappa shape index (κ2) is 8.22. The second-order valence-electron chi connectivity index (χ2n) is 7.69. The number of para-hydroxylation sites is 3. The summed E-state index contributed by atoms with van der Waals surface area (Å²) in [6.07, 6.45) is 0. The van der Waals surface area contributed by atoms with Gasteiger partial charge in [0.25, 0.3) is 0 Å². The average molecular weight is 476 g/mol.